The number of hydrogen-bond donors (Lipinski definition) is 3. The van der Waals surface area contributed by atoms with Crippen LogP contribution < -0.4 is 16.0 Å². The number of rotatable bonds is 7. The van der Waals surface area contributed by atoms with Gasteiger partial charge in [0.25, 0.3) is 0 Å². The lowest BCUT2D eigenvalue weighted by Gasteiger charge is -2.40. The Morgan fingerprint density at radius 1 is 1.25 bits per heavy atom. The number of esters is 1. The van der Waals surface area contributed by atoms with E-state index in [1.54, 1.807) is 6.92 Å². The SMILES string of the molecule is COC(=O)C[C@@H]1C[C@@H](CN(C(C)=O)C2CCN(c3ccc(C(=N)N)cc3)CC2)NC1=O.Cl. The van der Waals surface area contributed by atoms with E-state index in [2.05, 4.69) is 15.0 Å². The maximum absolute atomic E-state index is 12.4. The minimum absolute atomic E-state index is 0. The summed E-state index contributed by atoms with van der Waals surface area (Å²) in [4.78, 5) is 40.2. The van der Waals surface area contributed by atoms with Gasteiger partial charge in [0.1, 0.15) is 5.84 Å². The first-order valence-corrected chi connectivity index (χ1v) is 10.6. The number of ether oxygens (including phenoxy) is 1. The monoisotopic (exact) mass is 465 g/mol. The summed E-state index contributed by atoms with van der Waals surface area (Å²) in [7, 11) is 1.31. The van der Waals surface area contributed by atoms with Crippen molar-refractivity contribution < 1.29 is 19.1 Å². The molecule has 2 saturated heterocycles. The Morgan fingerprint density at radius 3 is 2.41 bits per heavy atom. The number of nitrogens with one attached hydrogen (secondary N) is 2. The van der Waals surface area contributed by atoms with Gasteiger partial charge >= 0.3 is 5.97 Å². The number of amidine groups is 1. The van der Waals surface area contributed by atoms with Crippen molar-refractivity contribution in [3.63, 3.8) is 0 Å². The molecule has 0 unspecified atom stereocenters. The first kappa shape index (κ1) is 25.5. The number of carbonyl (C=O) groups is 3. The van der Waals surface area contributed by atoms with Gasteiger partial charge in [0.15, 0.2) is 0 Å². The Kier molecular flexibility index (Phi) is 8.89. The lowest BCUT2D eigenvalue weighted by atomic mass is 9.98. The molecule has 2 aliphatic heterocycles. The van der Waals surface area contributed by atoms with E-state index in [1.165, 1.54) is 7.11 Å². The molecule has 0 aromatic heterocycles. The van der Waals surface area contributed by atoms with E-state index in [1.807, 2.05) is 29.2 Å². The second-order valence-electron chi connectivity index (χ2n) is 8.27. The smallest absolute Gasteiger partial charge is 0.306 e. The molecule has 10 heteroatoms. The zero-order valence-electron chi connectivity index (χ0n) is 18.5. The largest absolute Gasteiger partial charge is 0.469 e. The predicted molar refractivity (Wildman–Crippen MR) is 124 cm³/mol. The highest BCUT2D eigenvalue weighted by molar-refractivity contribution is 5.95. The number of carbonyl (C=O) groups excluding carboxylic acids is 3. The van der Waals surface area contributed by atoms with Crippen molar-refractivity contribution in [2.75, 3.05) is 31.6 Å². The van der Waals surface area contributed by atoms with Crippen LogP contribution in [0.25, 0.3) is 0 Å². The van der Waals surface area contributed by atoms with Gasteiger partial charge in [0.05, 0.1) is 19.4 Å². The van der Waals surface area contributed by atoms with Gasteiger partial charge in [-0.05, 0) is 43.5 Å². The number of hydrogen-bond acceptors (Lipinski definition) is 6. The number of anilines is 1. The fourth-order valence-corrected chi connectivity index (χ4v) is 4.47. The number of benzene rings is 1. The molecule has 2 atom stereocenters. The molecule has 0 radical (unpaired) electrons. The zero-order valence-corrected chi connectivity index (χ0v) is 19.3. The van der Waals surface area contributed by atoms with Crippen molar-refractivity contribution in [1.29, 1.82) is 5.41 Å². The summed E-state index contributed by atoms with van der Waals surface area (Å²) in [6.45, 7) is 3.65. The predicted octanol–water partition coefficient (Wildman–Crippen LogP) is 1.28. The molecule has 3 rings (SSSR count). The molecule has 0 spiro atoms. The molecular weight excluding hydrogens is 434 g/mol. The van der Waals surface area contributed by atoms with Gasteiger partial charge in [0, 0.05) is 49.9 Å². The molecule has 1 aromatic carbocycles. The van der Waals surface area contributed by atoms with Crippen molar-refractivity contribution in [2.45, 2.75) is 44.7 Å². The highest BCUT2D eigenvalue weighted by Crippen LogP contribution is 2.25. The summed E-state index contributed by atoms with van der Waals surface area (Å²) in [6.07, 6.45) is 2.26. The second kappa shape index (κ2) is 11.2. The third kappa shape index (κ3) is 6.12. The quantitative estimate of drug-likeness (QED) is 0.316. The van der Waals surface area contributed by atoms with E-state index in [9.17, 15) is 14.4 Å². The normalized spacial score (nSPS) is 20.8. The number of amides is 2. The van der Waals surface area contributed by atoms with Crippen LogP contribution >= 0.6 is 12.4 Å². The molecule has 0 bridgehead atoms. The summed E-state index contributed by atoms with van der Waals surface area (Å²) in [5.41, 5.74) is 7.30. The lowest BCUT2D eigenvalue weighted by molar-refractivity contribution is -0.143. The molecule has 0 saturated carbocycles. The molecule has 176 valence electrons. The van der Waals surface area contributed by atoms with Gasteiger partial charge in [-0.15, -0.1) is 12.4 Å². The highest BCUT2D eigenvalue weighted by Gasteiger charge is 2.36. The number of nitrogens with zero attached hydrogens (tertiary/aromatic N) is 2. The summed E-state index contributed by atoms with van der Waals surface area (Å²) >= 11 is 0. The Labute approximate surface area is 194 Å². The number of methoxy groups -OCH3 is 1. The maximum Gasteiger partial charge on any atom is 0.306 e. The van der Waals surface area contributed by atoms with Gasteiger partial charge in [-0.3, -0.25) is 19.8 Å². The topological polar surface area (TPSA) is 129 Å². The molecule has 9 nitrogen and oxygen atoms in total. The van der Waals surface area contributed by atoms with Crippen LogP contribution in [0.1, 0.15) is 38.2 Å². The first-order chi connectivity index (χ1) is 14.8. The van der Waals surface area contributed by atoms with Crippen molar-refractivity contribution in [1.82, 2.24) is 10.2 Å². The van der Waals surface area contributed by atoms with Gasteiger partial charge in [-0.25, -0.2) is 0 Å². The van der Waals surface area contributed by atoms with Crippen molar-refractivity contribution in [3.05, 3.63) is 29.8 Å². The molecule has 2 amide bonds. The van der Waals surface area contributed by atoms with E-state index < -0.39 is 11.9 Å². The van der Waals surface area contributed by atoms with Crippen LogP contribution in [0.4, 0.5) is 5.69 Å². The standard InChI is InChI=1S/C22H31N5O4.ClH/c1-14(28)27(13-17-11-16(22(30)25-17)12-20(29)31-2)19-7-9-26(10-8-19)18-5-3-15(4-6-18)21(23)24;/h3-6,16-17,19H,7-13H2,1-2H3,(H3,23,24)(H,25,30);1H/t16-,17-;/m0./s1. The van der Waals surface area contributed by atoms with Gasteiger partial charge in [-0.2, -0.15) is 0 Å². The molecule has 1 aromatic rings. The third-order valence-electron chi connectivity index (χ3n) is 6.20. The van der Waals surface area contributed by atoms with Gasteiger partial charge in [-0.1, -0.05) is 0 Å². The van der Waals surface area contributed by atoms with Crippen molar-refractivity contribution in [3.8, 4) is 0 Å². The van der Waals surface area contributed by atoms with Gasteiger partial charge in [0.2, 0.25) is 11.8 Å². The molecule has 2 aliphatic rings. The Balaban J connectivity index is 0.00000363. The second-order valence-corrected chi connectivity index (χ2v) is 8.27. The van der Waals surface area contributed by atoms with Crippen LogP contribution in [0.5, 0.6) is 0 Å². The van der Waals surface area contributed by atoms with Crippen LogP contribution in [-0.2, 0) is 19.1 Å². The lowest BCUT2D eigenvalue weighted by Crippen LogP contribution is -2.50. The average Bonchev–Trinajstić information content (AvgIpc) is 3.10. The molecule has 4 N–H and O–H groups in total. The molecule has 2 fully saturated rings. The van der Waals surface area contributed by atoms with Crippen LogP contribution in [-0.4, -0.2) is 67.3 Å². The molecule has 32 heavy (non-hydrogen) atoms. The highest BCUT2D eigenvalue weighted by atomic mass is 35.5. The number of nitrogen functional groups attached to an aromatic ring is 1. The molecule has 2 heterocycles. The number of nitrogens with two attached hydrogens (primary N) is 1. The van der Waals surface area contributed by atoms with Gasteiger partial charge < -0.3 is 25.6 Å². The van der Waals surface area contributed by atoms with Crippen LogP contribution in [0.2, 0.25) is 0 Å². The number of piperidine rings is 1. The summed E-state index contributed by atoms with van der Waals surface area (Å²) < 4.78 is 4.67. The summed E-state index contributed by atoms with van der Waals surface area (Å²) in [6, 6.07) is 7.59. The van der Waals surface area contributed by atoms with E-state index >= 15 is 0 Å². The third-order valence-corrected chi connectivity index (χ3v) is 6.20. The summed E-state index contributed by atoms with van der Waals surface area (Å²) in [5.74, 6) is -0.896. The fraction of sp³-hybridized carbons (Fsp3) is 0.545. The van der Waals surface area contributed by atoms with Crippen LogP contribution in [0.15, 0.2) is 24.3 Å². The van der Waals surface area contributed by atoms with E-state index in [4.69, 9.17) is 11.1 Å². The van der Waals surface area contributed by atoms with E-state index in [0.29, 0.717) is 18.5 Å². The van der Waals surface area contributed by atoms with Crippen molar-refractivity contribution >= 4 is 41.7 Å². The summed E-state index contributed by atoms with van der Waals surface area (Å²) in [5, 5.41) is 10.4. The van der Waals surface area contributed by atoms with E-state index in [-0.39, 0.29) is 48.6 Å². The molecule has 0 aliphatic carbocycles. The average molecular weight is 466 g/mol. The maximum atomic E-state index is 12.4. The Morgan fingerprint density at radius 2 is 1.88 bits per heavy atom. The zero-order chi connectivity index (χ0) is 22.5. The minimum Gasteiger partial charge on any atom is -0.469 e. The Hall–Kier alpha value is -2.81. The van der Waals surface area contributed by atoms with E-state index in [0.717, 1.165) is 31.6 Å². The first-order valence-electron chi connectivity index (χ1n) is 10.6. The minimum atomic E-state index is -0.397. The van der Waals surface area contributed by atoms with Crippen LogP contribution in [0, 0.1) is 11.3 Å². The van der Waals surface area contributed by atoms with Crippen molar-refractivity contribution in [2.24, 2.45) is 11.7 Å². The Bertz CT molecular complexity index is 839. The fourth-order valence-electron chi connectivity index (χ4n) is 4.47. The van der Waals surface area contributed by atoms with Crippen LogP contribution in [0.3, 0.4) is 0 Å². The molecular formula is C22H32ClN5O4. The number of halogens is 1.